The molecule has 2 saturated heterocycles. The number of imidazole rings is 1. The molecule has 6 heterocycles. The number of thiazole rings is 1. The van der Waals surface area contributed by atoms with E-state index in [1.165, 1.54) is 16.3 Å². The monoisotopic (exact) mass is 2400 g/mol. The van der Waals surface area contributed by atoms with Crippen molar-refractivity contribution >= 4 is 79.1 Å². The fourth-order valence-electron chi connectivity index (χ4n) is 12.8. The zero-order valence-corrected chi connectivity index (χ0v) is 87.6. The van der Waals surface area contributed by atoms with E-state index in [0.717, 1.165) is 186 Å². The molecule has 0 N–H and O–H groups in total. The maximum Gasteiger partial charge on any atom is 0.124 e. The molecule has 14 rings (SSSR count). The summed E-state index contributed by atoms with van der Waals surface area (Å²) in [7, 11) is 6.26. The molecule has 666 valence electrons. The Labute approximate surface area is 833 Å². The number of benzene rings is 8. The summed E-state index contributed by atoms with van der Waals surface area (Å²) in [4.78, 5) is 28.5. The number of rotatable bonds is 26. The second kappa shape index (κ2) is 58.3. The number of nitrogens with zero attached hydrogens (tertiary/aromatic N) is 10. The molecular weight excluding hydrogens is 2290 g/mol. The molecule has 24 heteroatoms. The normalized spacial score (nSPS) is 13.6. The van der Waals surface area contributed by atoms with Gasteiger partial charge in [0.05, 0.1) is 39.9 Å². The van der Waals surface area contributed by atoms with Gasteiger partial charge in [0.25, 0.3) is 0 Å². The number of aryl methyl sites for hydroxylation is 4. The van der Waals surface area contributed by atoms with Crippen LogP contribution in [0.3, 0.4) is 0 Å². The average Bonchev–Trinajstić information content (AvgIpc) is 1.39. The number of likely N-dealkylation sites (N-methyl/N-ethyl adjacent to an activating group) is 2. The summed E-state index contributed by atoms with van der Waals surface area (Å²) in [5.74, 6) is 21.5. The van der Waals surface area contributed by atoms with Crippen LogP contribution in [0.4, 0.5) is 0 Å². The summed E-state index contributed by atoms with van der Waals surface area (Å²) in [6.45, 7) is 16.1. The van der Waals surface area contributed by atoms with E-state index < -0.39 is 0 Å². The van der Waals surface area contributed by atoms with Crippen LogP contribution in [0.2, 0.25) is 0 Å². The Morgan fingerprint density at radius 2 is 0.953 bits per heavy atom. The number of hydrogen-bond acceptors (Lipinski definition) is 17. The van der Waals surface area contributed by atoms with Gasteiger partial charge in [-0.3, -0.25) is 0 Å². The van der Waals surface area contributed by atoms with Crippen molar-refractivity contribution in [2.45, 2.75) is 97.7 Å². The van der Waals surface area contributed by atoms with Crippen molar-refractivity contribution in [3.05, 3.63) is 347 Å². The molecular formula is C104H107I6N10O7S-3. The van der Waals surface area contributed by atoms with Crippen LogP contribution in [0.25, 0.3) is 0 Å². The zero-order valence-electron chi connectivity index (χ0n) is 73.9. The van der Waals surface area contributed by atoms with E-state index in [0.29, 0.717) is 36.5 Å². The maximum atomic E-state index is 8.99. The predicted molar refractivity (Wildman–Crippen MR) is 525 cm³/mol. The minimum atomic E-state index is -0.167. The summed E-state index contributed by atoms with van der Waals surface area (Å²) in [6, 6.07) is 77.2. The fraction of sp³-hybridized carbons (Fsp3) is 0.298. The van der Waals surface area contributed by atoms with Crippen LogP contribution in [0.5, 0.6) is 23.0 Å². The Morgan fingerprint density at radius 3 is 1.41 bits per heavy atom. The third-order valence-electron chi connectivity index (χ3n) is 19.1. The molecule has 0 saturated carbocycles. The minimum absolute atomic E-state index is 0.00912. The Kier molecular flexibility index (Phi) is 47.0. The second-order valence-electron chi connectivity index (χ2n) is 29.4. The van der Waals surface area contributed by atoms with Gasteiger partial charge in [-0.25, -0.2) is 15.0 Å². The first-order chi connectivity index (χ1) is 62.4. The predicted octanol–water partition coefficient (Wildman–Crippen LogP) is 11.6. The largest absolute Gasteiger partial charge is 0.248 e. The number of ether oxygens (including phenoxy) is 7. The fourth-order valence-corrected chi connectivity index (χ4v) is 18.0. The topological polar surface area (TPSA) is 199 Å². The Bertz CT molecular complexity index is 5760. The molecule has 8 aromatic carbocycles. The van der Waals surface area contributed by atoms with Gasteiger partial charge in [-0.05, 0) is 127 Å². The van der Waals surface area contributed by atoms with Crippen molar-refractivity contribution < 1.29 is 96.8 Å². The number of halogens is 6. The molecule has 2 fully saturated rings. The third-order valence-corrected chi connectivity index (χ3v) is 28.3. The molecule has 4 aromatic heterocycles. The van der Waals surface area contributed by atoms with Crippen LogP contribution >= 0.6 is 79.1 Å². The third kappa shape index (κ3) is 36.6. The molecule has 0 spiro atoms. The first kappa shape index (κ1) is 103. The van der Waals surface area contributed by atoms with E-state index in [4.69, 9.17) is 48.9 Å². The van der Waals surface area contributed by atoms with Crippen molar-refractivity contribution in [2.24, 2.45) is 7.05 Å². The quantitative estimate of drug-likeness (QED) is 0.0214. The number of morpholine rings is 2. The van der Waals surface area contributed by atoms with Crippen LogP contribution in [-0.4, -0.2) is 135 Å². The molecule has 4 atom stereocenters. The SMILES string of the molecule is CCCOc1cc([I-]C)ccc1OC(c1ccccc1)C1CN(C)CCO1.CCCOc1ccc([I-]C)cc1OC(c1ccccc1)C1CN(C)CCO1.C[I-]c1ccc(COCCCc2cn(C)cn2)cc1.Cc1cccc(C#Cc2cc(C#N)cc(CI)c2)n1.Cc1nc(C#Cc2cc(C#N)cc(CI)c2)cs1.N#Cc1cc(C#Cc2ccccn2)cc(CI)c1. The van der Waals surface area contributed by atoms with Crippen molar-refractivity contribution in [3.63, 3.8) is 0 Å². The summed E-state index contributed by atoms with van der Waals surface area (Å²) in [5.41, 5.74) is 15.8. The molecule has 2 aliphatic heterocycles. The molecule has 12 aromatic rings. The van der Waals surface area contributed by atoms with E-state index in [1.54, 1.807) is 29.7 Å². The smallest absolute Gasteiger partial charge is 0.124 e. The molecule has 0 bridgehead atoms. The van der Waals surface area contributed by atoms with Crippen LogP contribution in [0, 0.1) is 94.1 Å². The van der Waals surface area contributed by atoms with Crippen molar-refractivity contribution in [3.8, 4) is 76.7 Å². The molecule has 4 unspecified atom stereocenters. The summed E-state index contributed by atoms with van der Waals surface area (Å²) >= 11 is 8.62. The van der Waals surface area contributed by atoms with Gasteiger partial charge in [0.2, 0.25) is 0 Å². The van der Waals surface area contributed by atoms with Gasteiger partial charge in [-0.15, -0.1) is 11.3 Å². The van der Waals surface area contributed by atoms with E-state index in [9.17, 15) is 0 Å². The number of alkyl halides is 6. The molecule has 0 amide bonds. The van der Waals surface area contributed by atoms with E-state index in [1.807, 2.05) is 128 Å². The van der Waals surface area contributed by atoms with Crippen LogP contribution < -0.4 is 82.6 Å². The van der Waals surface area contributed by atoms with Gasteiger partial charge >= 0.3 is 465 Å². The number of hydrogen-bond donors (Lipinski definition) is 0. The number of pyridine rings is 2. The van der Waals surface area contributed by atoms with Gasteiger partial charge in [0, 0.05) is 54.3 Å². The summed E-state index contributed by atoms with van der Waals surface area (Å²) in [6.07, 6.45) is 9.23. The van der Waals surface area contributed by atoms with Crippen LogP contribution in [-0.2, 0) is 47.6 Å². The van der Waals surface area contributed by atoms with E-state index >= 15 is 0 Å². The second-order valence-corrected chi connectivity index (χ2v) is 39.7. The average molecular weight is 2400 g/mol. The zero-order chi connectivity index (χ0) is 91.0. The van der Waals surface area contributed by atoms with Gasteiger partial charge in [-0.1, -0.05) is 97.7 Å². The van der Waals surface area contributed by atoms with Gasteiger partial charge in [0.15, 0.2) is 0 Å². The summed E-state index contributed by atoms with van der Waals surface area (Å²) < 4.78 is 51.8. The first-order valence-corrected chi connectivity index (χ1v) is 56.9. The Morgan fingerprint density at radius 1 is 0.477 bits per heavy atom. The van der Waals surface area contributed by atoms with Gasteiger partial charge in [-0.2, -0.15) is 15.8 Å². The summed E-state index contributed by atoms with van der Waals surface area (Å²) in [5, 5.41) is 29.9. The molecule has 128 heavy (non-hydrogen) atoms. The van der Waals surface area contributed by atoms with E-state index in [2.05, 4.69) is 309 Å². The van der Waals surface area contributed by atoms with Crippen LogP contribution in [0.15, 0.2) is 236 Å². The van der Waals surface area contributed by atoms with E-state index in [-0.39, 0.29) is 88.0 Å². The molecule has 2 aliphatic rings. The van der Waals surface area contributed by atoms with Gasteiger partial charge in [0.1, 0.15) is 17.1 Å². The number of aromatic nitrogens is 5. The van der Waals surface area contributed by atoms with Gasteiger partial charge < -0.3 is 0 Å². The van der Waals surface area contributed by atoms with Crippen LogP contribution in [0.1, 0.15) is 146 Å². The van der Waals surface area contributed by atoms with Crippen molar-refractivity contribution in [1.29, 1.82) is 15.8 Å². The Hall–Kier alpha value is -8.57. The Balaban J connectivity index is 0.000000175. The number of nitriles is 3. The van der Waals surface area contributed by atoms with Crippen molar-refractivity contribution in [2.75, 3.05) is 88.1 Å². The molecule has 17 nitrogen and oxygen atoms in total. The van der Waals surface area contributed by atoms with Crippen molar-refractivity contribution in [1.82, 2.24) is 34.3 Å². The first-order valence-electron chi connectivity index (χ1n) is 41.8. The molecule has 0 radical (unpaired) electrons. The molecule has 0 aliphatic carbocycles. The standard InChI is InChI=1S/2C22H29INO3.C16H11IN2.C15H20IN2O.C15H9IN2.C14H9IN2S/c1-4-13-25-20-15-18(23-2)10-11-19(20)27-22(17-8-6-5-7-9-17)21-16-24(3)12-14-26-21;1-4-13-25-19-11-10-18(23-2)15-20(19)27-22(17-8-6-5-7-9-17)21-16-24(3)12-14-26-21;1-12-3-2-4-16(19-12)6-5-13-7-14(10-17)9-15(8-13)11-18;1-16-14-7-5-13(6-8-14)11-19-9-3-4-15-10-18(2)12-17-15;16-10-13-7-12(8-14(9-13)11-17)4-5-15-3-1-2-6-18-15;1-10-17-14(9-18-10)3-2-11-4-12(7-15)6-13(5-11)8-16/h2*5-11,15,21-22H,4,12-14,16H2,1-3H3;2-4,7-9H,10H2,1H3;5-8,10,12H,3-4,9,11H2,1-2H3;1-3,6-9H,10H2;4-6,9H,7H2,1H3/q2*-1;;-1;;. The maximum absolute atomic E-state index is 8.99. The minimum Gasteiger partial charge on any atom is -0.248 e.